The summed E-state index contributed by atoms with van der Waals surface area (Å²) < 4.78 is 8.26. The summed E-state index contributed by atoms with van der Waals surface area (Å²) in [7, 11) is 0. The predicted molar refractivity (Wildman–Crippen MR) is 106 cm³/mol. The fraction of sp³-hybridized carbons (Fsp3) is 0.409. The second-order valence-electron chi connectivity index (χ2n) is 6.82. The van der Waals surface area contributed by atoms with Gasteiger partial charge >= 0.3 is 0 Å². The molecule has 0 saturated heterocycles. The van der Waals surface area contributed by atoms with Crippen molar-refractivity contribution in [1.82, 2.24) is 9.55 Å². The number of hydrogen-bond donors (Lipinski definition) is 1. The van der Waals surface area contributed by atoms with Gasteiger partial charge in [-0.25, -0.2) is 4.98 Å². The molecule has 0 aliphatic carbocycles. The van der Waals surface area contributed by atoms with Crippen molar-refractivity contribution >= 4 is 11.0 Å². The zero-order valence-electron chi connectivity index (χ0n) is 15.7. The van der Waals surface area contributed by atoms with Crippen LogP contribution in [0, 0.1) is 13.8 Å². The molecule has 4 nitrogen and oxygen atoms in total. The molecule has 1 heterocycles. The molecule has 1 N–H and O–H groups in total. The van der Waals surface area contributed by atoms with Crippen LogP contribution in [0.25, 0.3) is 11.0 Å². The topological polar surface area (TPSA) is 47.3 Å². The number of ether oxygens (including phenoxy) is 1. The van der Waals surface area contributed by atoms with Crippen molar-refractivity contribution < 1.29 is 9.84 Å². The Hall–Kier alpha value is -2.33. The van der Waals surface area contributed by atoms with Crippen LogP contribution < -0.4 is 4.74 Å². The van der Waals surface area contributed by atoms with Crippen LogP contribution in [0.4, 0.5) is 0 Å². The molecule has 4 heteroatoms. The summed E-state index contributed by atoms with van der Waals surface area (Å²) in [4.78, 5) is 4.74. The zero-order valence-corrected chi connectivity index (χ0v) is 15.7. The van der Waals surface area contributed by atoms with E-state index in [-0.39, 0.29) is 6.61 Å². The number of rotatable bonds is 9. The van der Waals surface area contributed by atoms with Crippen LogP contribution in [-0.4, -0.2) is 27.9 Å². The van der Waals surface area contributed by atoms with E-state index in [4.69, 9.17) is 14.8 Å². The van der Waals surface area contributed by atoms with E-state index in [1.54, 1.807) is 0 Å². The average Bonchev–Trinajstić information content (AvgIpc) is 3.00. The van der Waals surface area contributed by atoms with Crippen molar-refractivity contribution in [3.63, 3.8) is 0 Å². The monoisotopic (exact) mass is 352 g/mol. The lowest BCUT2D eigenvalue weighted by Gasteiger charge is -2.11. The number of para-hydroxylation sites is 2. The molecule has 3 rings (SSSR count). The lowest BCUT2D eigenvalue weighted by atomic mass is 10.1. The SMILES string of the molecule is Cc1ccc(C)c(OCCCCn2c(CCCO)nc3ccccc32)c1. The summed E-state index contributed by atoms with van der Waals surface area (Å²) in [5.74, 6) is 2.05. The molecule has 138 valence electrons. The van der Waals surface area contributed by atoms with Crippen LogP contribution in [0.2, 0.25) is 0 Å². The van der Waals surface area contributed by atoms with Gasteiger partial charge in [0.05, 0.1) is 17.6 Å². The normalized spacial score (nSPS) is 11.2. The van der Waals surface area contributed by atoms with Gasteiger partial charge in [0.25, 0.3) is 0 Å². The standard InChI is InChI=1S/C22H28N2O2/c1-17-11-12-18(2)21(16-17)26-15-6-5-13-24-20-9-4-3-8-19(20)23-22(24)10-7-14-25/h3-4,8-9,11-12,16,25H,5-7,10,13-15H2,1-2H3. The van der Waals surface area contributed by atoms with Crippen molar-refractivity contribution in [2.24, 2.45) is 0 Å². The number of benzene rings is 2. The summed E-state index contributed by atoms with van der Waals surface area (Å²) in [5, 5.41) is 9.14. The first-order valence-corrected chi connectivity index (χ1v) is 9.44. The van der Waals surface area contributed by atoms with Crippen molar-refractivity contribution in [3.05, 3.63) is 59.4 Å². The molecule has 0 unspecified atom stereocenters. The van der Waals surface area contributed by atoms with Gasteiger partial charge in [0.2, 0.25) is 0 Å². The Bertz CT molecular complexity index is 854. The maximum atomic E-state index is 9.14. The average molecular weight is 352 g/mol. The van der Waals surface area contributed by atoms with Crippen LogP contribution in [0.1, 0.15) is 36.2 Å². The molecular weight excluding hydrogens is 324 g/mol. The minimum Gasteiger partial charge on any atom is -0.493 e. The van der Waals surface area contributed by atoms with Gasteiger partial charge in [-0.15, -0.1) is 0 Å². The van der Waals surface area contributed by atoms with Crippen LogP contribution in [0.5, 0.6) is 5.75 Å². The van der Waals surface area contributed by atoms with E-state index < -0.39 is 0 Å². The molecule has 0 spiro atoms. The molecule has 0 fully saturated rings. The lowest BCUT2D eigenvalue weighted by molar-refractivity contribution is 0.286. The summed E-state index contributed by atoms with van der Waals surface area (Å²) in [6.07, 6.45) is 3.60. The predicted octanol–water partition coefficient (Wildman–Crippen LogP) is 4.44. The number of unbranched alkanes of at least 4 members (excludes halogenated alkanes) is 1. The van der Waals surface area contributed by atoms with Gasteiger partial charge in [-0.1, -0.05) is 24.3 Å². The van der Waals surface area contributed by atoms with Crippen molar-refractivity contribution in [2.75, 3.05) is 13.2 Å². The summed E-state index contributed by atoms with van der Waals surface area (Å²) >= 11 is 0. The van der Waals surface area contributed by atoms with Crippen LogP contribution >= 0.6 is 0 Å². The third-order valence-corrected chi connectivity index (χ3v) is 4.67. The van der Waals surface area contributed by atoms with Gasteiger partial charge in [-0.2, -0.15) is 0 Å². The molecule has 0 aliphatic heterocycles. The molecule has 2 aromatic carbocycles. The second-order valence-corrected chi connectivity index (χ2v) is 6.82. The Morgan fingerprint density at radius 1 is 1.04 bits per heavy atom. The van der Waals surface area contributed by atoms with Crippen molar-refractivity contribution in [3.8, 4) is 5.75 Å². The molecule has 1 aromatic heterocycles. The third kappa shape index (κ3) is 4.44. The second kappa shape index (κ2) is 8.86. The number of aliphatic hydroxyl groups is 1. The Morgan fingerprint density at radius 3 is 2.73 bits per heavy atom. The van der Waals surface area contributed by atoms with E-state index in [0.717, 1.165) is 55.9 Å². The Balaban J connectivity index is 1.58. The van der Waals surface area contributed by atoms with Gasteiger partial charge in [-0.3, -0.25) is 0 Å². The number of aromatic nitrogens is 2. The van der Waals surface area contributed by atoms with E-state index in [0.29, 0.717) is 0 Å². The van der Waals surface area contributed by atoms with Crippen molar-refractivity contribution in [1.29, 1.82) is 0 Å². The van der Waals surface area contributed by atoms with E-state index in [2.05, 4.69) is 54.8 Å². The van der Waals surface area contributed by atoms with Crippen LogP contribution in [-0.2, 0) is 13.0 Å². The maximum Gasteiger partial charge on any atom is 0.122 e. The fourth-order valence-electron chi connectivity index (χ4n) is 3.22. The van der Waals surface area contributed by atoms with E-state index in [9.17, 15) is 0 Å². The minimum absolute atomic E-state index is 0.201. The van der Waals surface area contributed by atoms with Gasteiger partial charge in [0.15, 0.2) is 0 Å². The zero-order chi connectivity index (χ0) is 18.4. The highest BCUT2D eigenvalue weighted by atomic mass is 16.5. The molecular formula is C22H28N2O2. The van der Waals surface area contributed by atoms with E-state index >= 15 is 0 Å². The number of aryl methyl sites for hydroxylation is 4. The quantitative estimate of drug-likeness (QED) is 0.579. The highest BCUT2D eigenvalue weighted by molar-refractivity contribution is 5.75. The first-order chi connectivity index (χ1) is 12.7. The smallest absolute Gasteiger partial charge is 0.122 e. The molecule has 0 saturated carbocycles. The van der Waals surface area contributed by atoms with Crippen LogP contribution in [0.15, 0.2) is 42.5 Å². The fourth-order valence-corrected chi connectivity index (χ4v) is 3.22. The molecule has 0 amide bonds. The molecule has 0 bridgehead atoms. The molecule has 26 heavy (non-hydrogen) atoms. The highest BCUT2D eigenvalue weighted by Crippen LogP contribution is 2.20. The van der Waals surface area contributed by atoms with Gasteiger partial charge in [0.1, 0.15) is 11.6 Å². The Kier molecular flexibility index (Phi) is 6.29. The number of fused-ring (bicyclic) bond motifs is 1. The van der Waals surface area contributed by atoms with Gasteiger partial charge in [0, 0.05) is 19.6 Å². The number of hydrogen-bond acceptors (Lipinski definition) is 3. The largest absolute Gasteiger partial charge is 0.493 e. The number of imidazole rings is 1. The molecule has 0 aliphatic rings. The maximum absolute atomic E-state index is 9.14. The van der Waals surface area contributed by atoms with E-state index in [1.807, 2.05) is 6.07 Å². The summed E-state index contributed by atoms with van der Waals surface area (Å²) in [6, 6.07) is 14.6. The summed E-state index contributed by atoms with van der Waals surface area (Å²) in [5.41, 5.74) is 4.62. The minimum atomic E-state index is 0.201. The van der Waals surface area contributed by atoms with Gasteiger partial charge in [-0.05, 0) is 62.4 Å². The van der Waals surface area contributed by atoms with E-state index in [1.165, 1.54) is 16.6 Å². The van der Waals surface area contributed by atoms with Crippen molar-refractivity contribution in [2.45, 2.75) is 46.1 Å². The first-order valence-electron chi connectivity index (χ1n) is 9.44. The lowest BCUT2D eigenvalue weighted by Crippen LogP contribution is -2.07. The Labute approximate surface area is 155 Å². The molecule has 0 radical (unpaired) electrons. The van der Waals surface area contributed by atoms with Gasteiger partial charge < -0.3 is 14.4 Å². The highest BCUT2D eigenvalue weighted by Gasteiger charge is 2.09. The number of aliphatic hydroxyl groups excluding tert-OH is 1. The Morgan fingerprint density at radius 2 is 1.88 bits per heavy atom. The number of nitrogens with zero attached hydrogens (tertiary/aromatic N) is 2. The summed E-state index contributed by atoms with van der Waals surface area (Å²) in [6.45, 7) is 6.03. The third-order valence-electron chi connectivity index (χ3n) is 4.67. The first kappa shape index (κ1) is 18.5. The molecule has 0 atom stereocenters. The van der Waals surface area contributed by atoms with Crippen LogP contribution in [0.3, 0.4) is 0 Å². The molecule has 3 aromatic rings.